The van der Waals surface area contributed by atoms with Gasteiger partial charge in [-0.2, -0.15) is 0 Å². The summed E-state index contributed by atoms with van der Waals surface area (Å²) in [7, 11) is 0. The highest BCUT2D eigenvalue weighted by atomic mass is 16.7. The van der Waals surface area contributed by atoms with Crippen LogP contribution in [0.1, 0.15) is 51.9 Å². The van der Waals surface area contributed by atoms with Gasteiger partial charge in [-0.25, -0.2) is 0 Å². The third-order valence-corrected chi connectivity index (χ3v) is 4.89. The molecular weight excluding hydrogens is 216 g/mol. The lowest BCUT2D eigenvalue weighted by atomic mass is 9.59. The fraction of sp³-hybridized carbons (Fsp3) is 0.929. The molecule has 0 aromatic carbocycles. The number of carbonyl (C=O) groups is 1. The summed E-state index contributed by atoms with van der Waals surface area (Å²) in [6.07, 6.45) is 7.41. The number of hydrogen-bond donors (Lipinski definition) is 0. The maximum atomic E-state index is 12.1. The molecule has 1 heterocycles. The second-order valence-corrected chi connectivity index (χ2v) is 6.11. The van der Waals surface area contributed by atoms with E-state index in [4.69, 9.17) is 9.47 Å². The molecule has 2 bridgehead atoms. The van der Waals surface area contributed by atoms with Gasteiger partial charge in [0.25, 0.3) is 0 Å². The van der Waals surface area contributed by atoms with Gasteiger partial charge in [0.2, 0.25) is 0 Å². The second-order valence-electron chi connectivity index (χ2n) is 6.11. The van der Waals surface area contributed by atoms with Gasteiger partial charge in [-0.15, -0.1) is 0 Å². The molecule has 3 aliphatic carbocycles. The normalized spacial score (nSPS) is 46.2. The number of hydrogen-bond acceptors (Lipinski definition) is 3. The van der Waals surface area contributed by atoms with Crippen molar-refractivity contribution in [2.45, 2.75) is 64.3 Å². The van der Waals surface area contributed by atoms with Crippen LogP contribution in [-0.4, -0.2) is 24.8 Å². The molecule has 0 aromatic rings. The summed E-state index contributed by atoms with van der Waals surface area (Å²) in [6.45, 7) is 2.91. The van der Waals surface area contributed by atoms with Gasteiger partial charge in [0.15, 0.2) is 6.29 Å². The van der Waals surface area contributed by atoms with Gasteiger partial charge < -0.3 is 9.47 Å². The molecule has 1 aliphatic heterocycles. The molecule has 4 aliphatic rings. The zero-order valence-electron chi connectivity index (χ0n) is 10.6. The van der Waals surface area contributed by atoms with Crippen LogP contribution in [0.5, 0.6) is 0 Å². The van der Waals surface area contributed by atoms with Crippen LogP contribution < -0.4 is 0 Å². The minimum atomic E-state index is -0.227. The lowest BCUT2D eigenvalue weighted by Gasteiger charge is -2.49. The molecule has 3 nitrogen and oxygen atoms in total. The fourth-order valence-corrected chi connectivity index (χ4v) is 3.55. The monoisotopic (exact) mass is 238 g/mol. The first-order chi connectivity index (χ1) is 8.18. The zero-order valence-corrected chi connectivity index (χ0v) is 10.6. The molecule has 17 heavy (non-hydrogen) atoms. The number of Topliss-reactive ketones (excluding diaryl/α,β-unsaturated/α-hetero) is 1. The molecule has 0 amide bonds. The molecule has 0 radical (unpaired) electrons. The average molecular weight is 238 g/mol. The molecule has 3 saturated carbocycles. The van der Waals surface area contributed by atoms with Gasteiger partial charge in [-0.05, 0) is 44.4 Å². The van der Waals surface area contributed by atoms with Crippen molar-refractivity contribution >= 4 is 5.78 Å². The van der Waals surface area contributed by atoms with Crippen LogP contribution in [0.2, 0.25) is 0 Å². The summed E-state index contributed by atoms with van der Waals surface area (Å²) in [5.41, 5.74) is -0.227. The highest BCUT2D eigenvalue weighted by Gasteiger charge is 2.51. The van der Waals surface area contributed by atoms with Gasteiger partial charge in [-0.1, -0.05) is 6.92 Å². The number of ether oxygens (including phenoxy) is 2. The van der Waals surface area contributed by atoms with E-state index in [0.29, 0.717) is 11.7 Å². The van der Waals surface area contributed by atoms with Crippen LogP contribution in [0.25, 0.3) is 0 Å². The Morgan fingerprint density at radius 3 is 2.94 bits per heavy atom. The van der Waals surface area contributed by atoms with Crippen LogP contribution >= 0.6 is 0 Å². The van der Waals surface area contributed by atoms with E-state index in [9.17, 15) is 4.79 Å². The van der Waals surface area contributed by atoms with Crippen LogP contribution in [-0.2, 0) is 14.3 Å². The van der Waals surface area contributed by atoms with E-state index < -0.39 is 0 Å². The SMILES string of the molecule is C[C@@]12CC[C@@H](CC1=O)C[C@H]2OC1CCCCO1. The number of rotatable bonds is 2. The fourth-order valence-electron chi connectivity index (χ4n) is 3.55. The first kappa shape index (κ1) is 11.7. The Bertz CT molecular complexity index is 309. The maximum Gasteiger partial charge on any atom is 0.157 e. The third kappa shape index (κ3) is 2.04. The van der Waals surface area contributed by atoms with Gasteiger partial charge in [0.05, 0.1) is 11.5 Å². The molecule has 3 heteroatoms. The molecule has 4 rings (SSSR count). The number of ketones is 1. The summed E-state index contributed by atoms with van der Waals surface area (Å²) in [5.74, 6) is 0.985. The molecule has 1 unspecified atom stereocenters. The molecular formula is C14H22O3. The number of carbonyl (C=O) groups excluding carboxylic acids is 1. The van der Waals surface area contributed by atoms with Gasteiger partial charge in [0.1, 0.15) is 5.78 Å². The van der Waals surface area contributed by atoms with Crippen LogP contribution in [0.15, 0.2) is 0 Å². The minimum Gasteiger partial charge on any atom is -0.353 e. The minimum absolute atomic E-state index is 0.0577. The molecule has 0 N–H and O–H groups in total. The Balaban J connectivity index is 1.68. The van der Waals surface area contributed by atoms with E-state index in [0.717, 1.165) is 38.7 Å². The average Bonchev–Trinajstić information content (AvgIpc) is 2.33. The van der Waals surface area contributed by atoms with E-state index >= 15 is 0 Å². The highest BCUT2D eigenvalue weighted by Crippen LogP contribution is 2.49. The van der Waals surface area contributed by atoms with Crippen LogP contribution in [0.3, 0.4) is 0 Å². The Labute approximate surface area is 103 Å². The number of fused-ring (bicyclic) bond motifs is 3. The summed E-state index contributed by atoms with van der Waals surface area (Å²) < 4.78 is 11.7. The van der Waals surface area contributed by atoms with Crippen molar-refractivity contribution in [2.24, 2.45) is 11.3 Å². The van der Waals surface area contributed by atoms with Gasteiger partial charge in [0, 0.05) is 13.0 Å². The molecule has 4 atom stereocenters. The Hall–Kier alpha value is -0.410. The molecule has 0 spiro atoms. The topological polar surface area (TPSA) is 35.5 Å². The van der Waals surface area contributed by atoms with Crippen molar-refractivity contribution in [1.82, 2.24) is 0 Å². The first-order valence-corrected chi connectivity index (χ1v) is 6.99. The summed E-state index contributed by atoms with van der Waals surface area (Å²) in [4.78, 5) is 12.1. The van der Waals surface area contributed by atoms with E-state index in [1.54, 1.807) is 0 Å². The summed E-state index contributed by atoms with van der Waals surface area (Å²) in [5, 5.41) is 0. The summed E-state index contributed by atoms with van der Waals surface area (Å²) in [6, 6.07) is 0. The molecule has 4 fully saturated rings. The largest absolute Gasteiger partial charge is 0.353 e. The van der Waals surface area contributed by atoms with Gasteiger partial charge >= 0.3 is 0 Å². The van der Waals surface area contributed by atoms with E-state index in [2.05, 4.69) is 6.92 Å². The maximum absolute atomic E-state index is 12.1. The summed E-state index contributed by atoms with van der Waals surface area (Å²) >= 11 is 0. The Morgan fingerprint density at radius 1 is 1.35 bits per heavy atom. The smallest absolute Gasteiger partial charge is 0.157 e. The van der Waals surface area contributed by atoms with Crippen molar-refractivity contribution in [3.05, 3.63) is 0 Å². The van der Waals surface area contributed by atoms with E-state index in [-0.39, 0.29) is 17.8 Å². The lowest BCUT2D eigenvalue weighted by Crippen LogP contribution is -2.53. The zero-order chi connectivity index (χ0) is 11.9. The lowest BCUT2D eigenvalue weighted by molar-refractivity contribution is -0.227. The van der Waals surface area contributed by atoms with E-state index in [1.165, 1.54) is 12.8 Å². The predicted octanol–water partition coefficient (Wildman–Crippen LogP) is 2.68. The van der Waals surface area contributed by atoms with Crippen LogP contribution in [0.4, 0.5) is 0 Å². The second kappa shape index (κ2) is 4.36. The van der Waals surface area contributed by atoms with Crippen LogP contribution in [0, 0.1) is 11.3 Å². The highest BCUT2D eigenvalue weighted by molar-refractivity contribution is 5.87. The van der Waals surface area contributed by atoms with Crippen molar-refractivity contribution in [2.75, 3.05) is 6.61 Å². The predicted molar refractivity (Wildman–Crippen MR) is 63.5 cm³/mol. The molecule has 0 aromatic heterocycles. The van der Waals surface area contributed by atoms with Crippen molar-refractivity contribution < 1.29 is 14.3 Å². The molecule has 96 valence electrons. The quantitative estimate of drug-likeness (QED) is 0.742. The Morgan fingerprint density at radius 2 is 2.24 bits per heavy atom. The Kier molecular flexibility index (Phi) is 2.99. The van der Waals surface area contributed by atoms with E-state index in [1.807, 2.05) is 0 Å². The molecule has 1 saturated heterocycles. The van der Waals surface area contributed by atoms with Crippen molar-refractivity contribution in [3.8, 4) is 0 Å². The third-order valence-electron chi connectivity index (χ3n) is 4.89. The van der Waals surface area contributed by atoms with Crippen molar-refractivity contribution in [3.63, 3.8) is 0 Å². The first-order valence-electron chi connectivity index (χ1n) is 6.99. The van der Waals surface area contributed by atoms with Gasteiger partial charge in [-0.3, -0.25) is 4.79 Å². The standard InChI is InChI=1S/C14H22O3/c1-14-6-5-10(8-11(14)15)9-12(14)17-13-4-2-3-7-16-13/h10,12-13H,2-9H2,1H3/t10-,12+,13?,14+/m0/s1. The van der Waals surface area contributed by atoms with Crippen molar-refractivity contribution in [1.29, 1.82) is 0 Å².